The van der Waals surface area contributed by atoms with Gasteiger partial charge in [-0.05, 0) is 30.0 Å². The summed E-state index contributed by atoms with van der Waals surface area (Å²) in [6.45, 7) is 5.99. The number of rotatable bonds is 2. The van der Waals surface area contributed by atoms with E-state index in [0.717, 1.165) is 13.1 Å². The second-order valence-electron chi connectivity index (χ2n) is 4.98. The molecule has 94 valence electrons. The van der Waals surface area contributed by atoms with Gasteiger partial charge in [-0.2, -0.15) is 0 Å². The van der Waals surface area contributed by atoms with Gasteiger partial charge in [0.2, 0.25) is 0 Å². The minimum atomic E-state index is -2.47. The third-order valence-corrected chi connectivity index (χ3v) is 3.62. The van der Waals surface area contributed by atoms with Gasteiger partial charge in [-0.25, -0.2) is 8.78 Å². The Hall–Kier alpha value is -1.32. The van der Waals surface area contributed by atoms with Crippen molar-refractivity contribution in [3.8, 4) is 0 Å². The van der Waals surface area contributed by atoms with Gasteiger partial charge in [-0.15, -0.1) is 0 Å². The number of nitrogen functional groups attached to an aromatic ring is 1. The normalized spacial score (nSPS) is 24.6. The quantitative estimate of drug-likeness (QED) is 0.804. The van der Waals surface area contributed by atoms with E-state index in [1.54, 1.807) is 12.1 Å². The fourth-order valence-corrected chi connectivity index (χ4v) is 2.36. The zero-order valence-corrected chi connectivity index (χ0v) is 10.2. The van der Waals surface area contributed by atoms with Crippen molar-refractivity contribution in [1.82, 2.24) is 0 Å². The molecule has 0 aliphatic carbocycles. The van der Waals surface area contributed by atoms with E-state index in [0.29, 0.717) is 23.2 Å². The fourth-order valence-electron chi connectivity index (χ4n) is 2.36. The van der Waals surface area contributed by atoms with Crippen LogP contribution in [0.4, 0.5) is 20.2 Å². The summed E-state index contributed by atoms with van der Waals surface area (Å²) in [5, 5.41) is 0. The summed E-state index contributed by atoms with van der Waals surface area (Å²) in [6, 6.07) is 4.78. The van der Waals surface area contributed by atoms with Gasteiger partial charge in [0, 0.05) is 30.0 Å². The smallest absolute Gasteiger partial charge is 0.265 e. The predicted octanol–water partition coefficient (Wildman–Crippen LogP) is 3.30. The molecule has 1 aromatic rings. The Morgan fingerprint density at radius 1 is 1.24 bits per heavy atom. The van der Waals surface area contributed by atoms with Crippen LogP contribution in [0.5, 0.6) is 0 Å². The van der Waals surface area contributed by atoms with Crippen LogP contribution < -0.4 is 10.6 Å². The minimum Gasteiger partial charge on any atom is -0.399 e. The zero-order valence-electron chi connectivity index (χ0n) is 10.2. The van der Waals surface area contributed by atoms with Crippen LogP contribution in [-0.2, 0) is 0 Å². The Balaban J connectivity index is 2.32. The van der Waals surface area contributed by atoms with E-state index < -0.39 is 6.43 Å². The van der Waals surface area contributed by atoms with E-state index in [2.05, 4.69) is 13.8 Å². The first-order valence-corrected chi connectivity index (χ1v) is 5.91. The second kappa shape index (κ2) is 4.51. The first kappa shape index (κ1) is 12.1. The van der Waals surface area contributed by atoms with E-state index >= 15 is 0 Å². The molecule has 2 N–H and O–H groups in total. The van der Waals surface area contributed by atoms with Gasteiger partial charge < -0.3 is 10.6 Å². The lowest BCUT2D eigenvalue weighted by atomic mass is 10.0. The van der Waals surface area contributed by atoms with Crippen molar-refractivity contribution in [1.29, 1.82) is 0 Å². The third kappa shape index (κ3) is 2.35. The van der Waals surface area contributed by atoms with Crippen molar-refractivity contribution in [2.45, 2.75) is 20.3 Å². The molecule has 0 saturated carbocycles. The van der Waals surface area contributed by atoms with Crippen LogP contribution in [-0.4, -0.2) is 13.1 Å². The SMILES string of the molecule is CC1CN(c2ccc(N)cc2C(F)F)CC1C. The monoisotopic (exact) mass is 240 g/mol. The van der Waals surface area contributed by atoms with E-state index in [4.69, 9.17) is 5.73 Å². The van der Waals surface area contributed by atoms with Crippen LogP contribution in [0, 0.1) is 11.8 Å². The van der Waals surface area contributed by atoms with Crippen molar-refractivity contribution in [3.63, 3.8) is 0 Å². The second-order valence-corrected chi connectivity index (χ2v) is 4.98. The number of hydrogen-bond donors (Lipinski definition) is 1. The minimum absolute atomic E-state index is 0.0475. The van der Waals surface area contributed by atoms with Gasteiger partial charge in [0.05, 0.1) is 0 Å². The summed E-state index contributed by atoms with van der Waals surface area (Å²) >= 11 is 0. The van der Waals surface area contributed by atoms with Crippen LogP contribution in [0.2, 0.25) is 0 Å². The van der Waals surface area contributed by atoms with Gasteiger partial charge in [-0.1, -0.05) is 13.8 Å². The lowest BCUT2D eigenvalue weighted by Gasteiger charge is -2.22. The van der Waals surface area contributed by atoms with Crippen molar-refractivity contribution < 1.29 is 8.78 Å². The molecule has 2 rings (SSSR count). The molecular weight excluding hydrogens is 222 g/mol. The van der Waals surface area contributed by atoms with E-state index in [1.165, 1.54) is 6.07 Å². The Labute approximate surface area is 100 Å². The number of benzene rings is 1. The Kier molecular flexibility index (Phi) is 3.22. The van der Waals surface area contributed by atoms with E-state index in [1.807, 2.05) is 4.90 Å². The summed E-state index contributed by atoms with van der Waals surface area (Å²) in [5.74, 6) is 1.08. The van der Waals surface area contributed by atoms with Crippen LogP contribution in [0.1, 0.15) is 25.8 Å². The molecule has 0 amide bonds. The molecule has 2 unspecified atom stereocenters. The van der Waals surface area contributed by atoms with Crippen LogP contribution in [0.25, 0.3) is 0 Å². The third-order valence-electron chi connectivity index (χ3n) is 3.62. The number of anilines is 2. The summed E-state index contributed by atoms with van der Waals surface area (Å²) in [6.07, 6.45) is -2.47. The average Bonchev–Trinajstić information content (AvgIpc) is 2.59. The van der Waals surface area contributed by atoms with Crippen molar-refractivity contribution in [3.05, 3.63) is 23.8 Å². The maximum Gasteiger partial charge on any atom is 0.265 e. The Bertz CT molecular complexity index is 396. The average molecular weight is 240 g/mol. The highest BCUT2D eigenvalue weighted by atomic mass is 19.3. The topological polar surface area (TPSA) is 29.3 Å². The first-order valence-electron chi connectivity index (χ1n) is 5.91. The van der Waals surface area contributed by atoms with Crippen molar-refractivity contribution >= 4 is 11.4 Å². The first-order chi connectivity index (χ1) is 7.99. The zero-order chi connectivity index (χ0) is 12.6. The summed E-state index contributed by atoms with van der Waals surface area (Å²) in [4.78, 5) is 2.04. The van der Waals surface area contributed by atoms with E-state index in [-0.39, 0.29) is 5.56 Å². The highest BCUT2D eigenvalue weighted by molar-refractivity contribution is 5.60. The van der Waals surface area contributed by atoms with Gasteiger partial charge in [0.25, 0.3) is 6.43 Å². The molecule has 0 aromatic heterocycles. The van der Waals surface area contributed by atoms with E-state index in [9.17, 15) is 8.78 Å². The lowest BCUT2D eigenvalue weighted by Crippen LogP contribution is -2.21. The highest BCUT2D eigenvalue weighted by Gasteiger charge is 2.28. The summed E-state index contributed by atoms with van der Waals surface area (Å²) < 4.78 is 25.9. The molecule has 0 bridgehead atoms. The number of halogens is 2. The molecule has 17 heavy (non-hydrogen) atoms. The molecule has 2 nitrogen and oxygen atoms in total. The lowest BCUT2D eigenvalue weighted by molar-refractivity contribution is 0.152. The molecule has 0 radical (unpaired) electrons. The van der Waals surface area contributed by atoms with Gasteiger partial charge >= 0.3 is 0 Å². The molecule has 1 aliphatic rings. The maximum atomic E-state index is 13.0. The fraction of sp³-hybridized carbons (Fsp3) is 0.538. The molecular formula is C13H18F2N2. The van der Waals surface area contributed by atoms with Crippen LogP contribution in [0.15, 0.2) is 18.2 Å². The number of alkyl halides is 2. The summed E-state index contributed by atoms with van der Waals surface area (Å²) in [7, 11) is 0. The molecule has 4 heteroatoms. The highest BCUT2D eigenvalue weighted by Crippen LogP contribution is 2.35. The Morgan fingerprint density at radius 2 is 1.82 bits per heavy atom. The largest absolute Gasteiger partial charge is 0.399 e. The summed E-state index contributed by atoms with van der Waals surface area (Å²) in [5.41, 5.74) is 6.64. The molecule has 0 spiro atoms. The van der Waals surface area contributed by atoms with Crippen LogP contribution in [0.3, 0.4) is 0 Å². The molecule has 1 heterocycles. The number of nitrogens with zero attached hydrogens (tertiary/aromatic N) is 1. The van der Waals surface area contributed by atoms with Gasteiger partial charge in [-0.3, -0.25) is 0 Å². The molecule has 1 fully saturated rings. The molecule has 1 aliphatic heterocycles. The van der Waals surface area contributed by atoms with Gasteiger partial charge in [0.15, 0.2) is 0 Å². The maximum absolute atomic E-state index is 13.0. The molecule has 1 aromatic carbocycles. The van der Waals surface area contributed by atoms with Crippen molar-refractivity contribution in [2.75, 3.05) is 23.7 Å². The van der Waals surface area contributed by atoms with Crippen LogP contribution >= 0.6 is 0 Å². The van der Waals surface area contributed by atoms with Gasteiger partial charge in [0.1, 0.15) is 0 Å². The molecule has 2 atom stereocenters. The van der Waals surface area contributed by atoms with Crippen molar-refractivity contribution in [2.24, 2.45) is 11.8 Å². The Morgan fingerprint density at radius 3 is 2.35 bits per heavy atom. The molecule has 1 saturated heterocycles. The predicted molar refractivity (Wildman–Crippen MR) is 66.4 cm³/mol. The standard InChI is InChI=1S/C13H18F2N2/c1-8-6-17(7-9(8)2)12-4-3-10(16)5-11(12)13(14)15/h3-5,8-9,13H,6-7,16H2,1-2H3. The number of nitrogens with two attached hydrogens (primary N) is 1. The number of hydrogen-bond acceptors (Lipinski definition) is 2.